The van der Waals surface area contributed by atoms with Crippen LogP contribution < -0.4 is 0 Å². The third-order valence-corrected chi connectivity index (χ3v) is 6.23. The van der Waals surface area contributed by atoms with Crippen LogP contribution in [0.1, 0.15) is 41.0 Å². The number of carboxylic acids is 1. The van der Waals surface area contributed by atoms with Crippen molar-refractivity contribution < 1.29 is 19.5 Å². The molecule has 4 aliphatic rings. The van der Waals surface area contributed by atoms with Crippen molar-refractivity contribution in [3.8, 4) is 0 Å². The third kappa shape index (κ3) is 1.68. The summed E-state index contributed by atoms with van der Waals surface area (Å²) in [7, 11) is 0. The van der Waals surface area contributed by atoms with Crippen LogP contribution >= 0.6 is 0 Å². The summed E-state index contributed by atoms with van der Waals surface area (Å²) in [6.07, 6.45) is 0. The first kappa shape index (κ1) is 15.3. The average molecular weight is 347 g/mol. The van der Waals surface area contributed by atoms with Gasteiger partial charge in [-0.1, -0.05) is 48.5 Å². The molecule has 3 aliphatic carbocycles. The van der Waals surface area contributed by atoms with Crippen LogP contribution in [0.5, 0.6) is 0 Å². The van der Waals surface area contributed by atoms with E-state index in [-0.39, 0.29) is 23.7 Å². The molecule has 6 rings (SSSR count). The highest BCUT2D eigenvalue weighted by atomic mass is 16.4. The van der Waals surface area contributed by atoms with Gasteiger partial charge in [-0.15, -0.1) is 0 Å². The van der Waals surface area contributed by atoms with Crippen LogP contribution in [0, 0.1) is 11.8 Å². The van der Waals surface area contributed by atoms with E-state index in [0.717, 1.165) is 27.2 Å². The number of hydrogen-bond donors (Lipinski definition) is 1. The van der Waals surface area contributed by atoms with Crippen LogP contribution in [-0.2, 0) is 14.4 Å². The zero-order valence-corrected chi connectivity index (χ0v) is 14.1. The summed E-state index contributed by atoms with van der Waals surface area (Å²) in [6, 6.07) is 14.8. The zero-order valence-electron chi connectivity index (χ0n) is 14.1. The highest BCUT2D eigenvalue weighted by molar-refractivity contribution is 6.09. The Balaban J connectivity index is 1.74. The molecule has 1 N–H and O–H groups in total. The van der Waals surface area contributed by atoms with Crippen molar-refractivity contribution in [1.29, 1.82) is 0 Å². The Labute approximate surface area is 150 Å². The van der Waals surface area contributed by atoms with Crippen LogP contribution in [0.15, 0.2) is 48.5 Å². The first-order valence-electron chi connectivity index (χ1n) is 8.79. The molecule has 0 radical (unpaired) electrons. The Bertz CT molecular complexity index is 866. The molecule has 0 aromatic heterocycles. The number of likely N-dealkylation sites (tertiary alicyclic amines) is 1. The molecule has 5 heteroatoms. The molecule has 0 unspecified atom stereocenters. The number of imide groups is 1. The smallest absolute Gasteiger partial charge is 0.326 e. The number of benzene rings is 2. The predicted molar refractivity (Wildman–Crippen MR) is 92.5 cm³/mol. The molecule has 0 spiro atoms. The monoisotopic (exact) mass is 347 g/mol. The molecule has 2 bridgehead atoms. The Kier molecular flexibility index (Phi) is 2.97. The molecule has 0 saturated carbocycles. The lowest BCUT2D eigenvalue weighted by atomic mass is 9.55. The van der Waals surface area contributed by atoms with Gasteiger partial charge in [-0.05, 0) is 29.2 Å². The van der Waals surface area contributed by atoms with Crippen molar-refractivity contribution in [2.24, 2.45) is 11.8 Å². The Morgan fingerprint density at radius 2 is 1.19 bits per heavy atom. The molecule has 1 heterocycles. The summed E-state index contributed by atoms with van der Waals surface area (Å²) in [5.41, 5.74) is 4.35. The molecule has 5 nitrogen and oxygen atoms in total. The van der Waals surface area contributed by atoms with Gasteiger partial charge in [0.2, 0.25) is 11.8 Å². The van der Waals surface area contributed by atoms with Gasteiger partial charge in [-0.25, -0.2) is 4.79 Å². The molecule has 2 aromatic carbocycles. The number of carbonyl (C=O) groups excluding carboxylic acids is 2. The number of aliphatic carboxylic acids is 1. The zero-order chi connectivity index (χ0) is 18.2. The maximum Gasteiger partial charge on any atom is 0.326 e. The van der Waals surface area contributed by atoms with Gasteiger partial charge in [0, 0.05) is 11.8 Å². The third-order valence-electron chi connectivity index (χ3n) is 6.23. The van der Waals surface area contributed by atoms with Crippen LogP contribution in [0.2, 0.25) is 0 Å². The lowest BCUT2D eigenvalue weighted by molar-refractivity contribution is -0.154. The minimum absolute atomic E-state index is 0.195. The topological polar surface area (TPSA) is 74.7 Å². The van der Waals surface area contributed by atoms with Gasteiger partial charge in [0.25, 0.3) is 0 Å². The van der Waals surface area contributed by atoms with Gasteiger partial charge in [0.1, 0.15) is 6.04 Å². The second kappa shape index (κ2) is 5.04. The first-order chi connectivity index (χ1) is 12.5. The normalized spacial score (nSPS) is 29.2. The van der Waals surface area contributed by atoms with E-state index in [1.807, 2.05) is 48.5 Å². The molecule has 130 valence electrons. The standard InChI is InChI=1S/C21H17NO4/c1-10(21(25)26)22-19(23)17-15-11-6-2-3-7-12(11)16(18(17)20(22)24)14-9-5-4-8-13(14)15/h2-10,15-18H,1H3,(H,25,26)/t10-,15?,16?,17-,18-/m1/s1. The molecule has 1 saturated heterocycles. The van der Waals surface area contributed by atoms with Crippen molar-refractivity contribution in [2.75, 3.05) is 0 Å². The van der Waals surface area contributed by atoms with Gasteiger partial charge in [-0.2, -0.15) is 0 Å². The summed E-state index contributed by atoms with van der Waals surface area (Å²) in [5.74, 6) is -3.28. The molecule has 1 aliphatic heterocycles. The molecule has 2 amide bonds. The lowest BCUT2D eigenvalue weighted by Crippen LogP contribution is -2.43. The van der Waals surface area contributed by atoms with Crippen LogP contribution in [0.4, 0.5) is 0 Å². The van der Waals surface area contributed by atoms with E-state index in [2.05, 4.69) is 0 Å². The summed E-state index contributed by atoms with van der Waals surface area (Å²) in [6.45, 7) is 1.40. The van der Waals surface area contributed by atoms with Gasteiger partial charge >= 0.3 is 5.97 Å². The van der Waals surface area contributed by atoms with E-state index in [0.29, 0.717) is 0 Å². The summed E-state index contributed by atoms with van der Waals surface area (Å²) in [4.78, 5) is 38.7. The SMILES string of the molecule is C[C@H](C(=O)O)N1C(=O)[C@@H]2C3c4ccccc4C(c4ccccc43)[C@H]2C1=O. The second-order valence-corrected chi connectivity index (χ2v) is 7.33. The van der Waals surface area contributed by atoms with Gasteiger partial charge in [-0.3, -0.25) is 14.5 Å². The fourth-order valence-corrected chi connectivity index (χ4v) is 5.19. The molecule has 2 aromatic rings. The number of hydrogen-bond acceptors (Lipinski definition) is 3. The van der Waals surface area contributed by atoms with E-state index in [9.17, 15) is 19.5 Å². The van der Waals surface area contributed by atoms with Gasteiger partial charge < -0.3 is 5.11 Å². The maximum atomic E-state index is 13.1. The number of rotatable bonds is 2. The van der Waals surface area contributed by atoms with Gasteiger partial charge in [0.05, 0.1) is 11.8 Å². The minimum Gasteiger partial charge on any atom is -0.480 e. The molecular formula is C21H17NO4. The molecule has 3 atom stereocenters. The van der Waals surface area contributed by atoms with E-state index < -0.39 is 23.8 Å². The summed E-state index contributed by atoms with van der Waals surface area (Å²) < 4.78 is 0. The van der Waals surface area contributed by atoms with E-state index in [1.165, 1.54) is 6.92 Å². The van der Waals surface area contributed by atoms with Crippen molar-refractivity contribution in [1.82, 2.24) is 4.90 Å². The van der Waals surface area contributed by atoms with E-state index >= 15 is 0 Å². The van der Waals surface area contributed by atoms with Crippen LogP contribution in [0.25, 0.3) is 0 Å². The Morgan fingerprint density at radius 3 is 1.50 bits per heavy atom. The lowest BCUT2D eigenvalue weighted by Gasteiger charge is -2.45. The Hall–Kier alpha value is -2.95. The number of carboxylic acid groups (broad SMARTS) is 1. The van der Waals surface area contributed by atoms with Crippen LogP contribution in [0.3, 0.4) is 0 Å². The predicted octanol–water partition coefficient (Wildman–Crippen LogP) is 2.35. The second-order valence-electron chi connectivity index (χ2n) is 7.33. The molecule has 1 fully saturated rings. The summed E-state index contributed by atoms with van der Waals surface area (Å²) >= 11 is 0. The van der Waals surface area contributed by atoms with E-state index in [1.54, 1.807) is 0 Å². The minimum atomic E-state index is -1.16. The average Bonchev–Trinajstić information content (AvgIpc) is 2.92. The first-order valence-corrected chi connectivity index (χ1v) is 8.79. The van der Waals surface area contributed by atoms with Crippen molar-refractivity contribution in [3.05, 3.63) is 70.8 Å². The van der Waals surface area contributed by atoms with Gasteiger partial charge in [0.15, 0.2) is 0 Å². The fourth-order valence-electron chi connectivity index (χ4n) is 5.19. The highest BCUT2D eigenvalue weighted by Gasteiger charge is 2.62. The quantitative estimate of drug-likeness (QED) is 0.846. The largest absolute Gasteiger partial charge is 0.480 e. The highest BCUT2D eigenvalue weighted by Crippen LogP contribution is 2.61. The molecule has 26 heavy (non-hydrogen) atoms. The fraction of sp³-hybridized carbons (Fsp3) is 0.286. The summed E-state index contributed by atoms with van der Waals surface area (Å²) in [5, 5.41) is 9.36. The van der Waals surface area contributed by atoms with E-state index in [4.69, 9.17) is 0 Å². The van der Waals surface area contributed by atoms with Crippen molar-refractivity contribution in [3.63, 3.8) is 0 Å². The van der Waals surface area contributed by atoms with Crippen LogP contribution in [-0.4, -0.2) is 33.8 Å². The Morgan fingerprint density at radius 1 is 0.846 bits per heavy atom. The molecular weight excluding hydrogens is 330 g/mol. The number of nitrogens with zero attached hydrogens (tertiary/aromatic N) is 1. The maximum absolute atomic E-state index is 13.1. The number of amides is 2. The number of carbonyl (C=O) groups is 3. The van der Waals surface area contributed by atoms with Crippen molar-refractivity contribution in [2.45, 2.75) is 24.8 Å². The van der Waals surface area contributed by atoms with Crippen molar-refractivity contribution >= 4 is 17.8 Å².